The van der Waals surface area contributed by atoms with Crippen LogP contribution in [0.15, 0.2) is 36.4 Å². The van der Waals surface area contributed by atoms with Gasteiger partial charge in [0.05, 0.1) is 27.5 Å². The molecule has 1 N–H and O–H groups in total. The third-order valence-corrected chi connectivity index (χ3v) is 4.10. The van der Waals surface area contributed by atoms with Gasteiger partial charge in [-0.3, -0.25) is 0 Å². The van der Waals surface area contributed by atoms with E-state index in [-0.39, 0.29) is 10.7 Å². The van der Waals surface area contributed by atoms with E-state index in [2.05, 4.69) is 10.3 Å². The Hall–Kier alpha value is -1.72. The Balaban J connectivity index is 1.83. The minimum atomic E-state index is -0.712. The quantitative estimate of drug-likeness (QED) is 0.748. The van der Waals surface area contributed by atoms with Crippen LogP contribution < -0.4 is 5.32 Å². The standard InChI is InChI=1S/C14H9ClF2N2S/c15-9-5-8(16)6-10(17)14(9)18-7-13-19-11-3-1-2-4-12(11)20-13/h1-6,18H,7H2. The van der Waals surface area contributed by atoms with Gasteiger partial charge in [0.2, 0.25) is 0 Å². The zero-order valence-electron chi connectivity index (χ0n) is 10.2. The van der Waals surface area contributed by atoms with Crippen molar-refractivity contribution in [3.8, 4) is 0 Å². The summed E-state index contributed by atoms with van der Waals surface area (Å²) in [7, 11) is 0. The number of hydrogen-bond donors (Lipinski definition) is 1. The highest BCUT2D eigenvalue weighted by Crippen LogP contribution is 2.28. The first kappa shape index (κ1) is 13.3. The van der Waals surface area contributed by atoms with Crippen LogP contribution in [0.1, 0.15) is 5.01 Å². The number of fused-ring (bicyclic) bond motifs is 1. The SMILES string of the molecule is Fc1cc(F)c(NCc2nc3ccccc3s2)c(Cl)c1. The summed E-state index contributed by atoms with van der Waals surface area (Å²) in [6, 6.07) is 9.62. The Morgan fingerprint density at radius 1 is 1.20 bits per heavy atom. The van der Waals surface area contributed by atoms with Crippen molar-refractivity contribution < 1.29 is 8.78 Å². The van der Waals surface area contributed by atoms with Crippen LogP contribution in [-0.2, 0) is 6.54 Å². The van der Waals surface area contributed by atoms with Gasteiger partial charge in [0.1, 0.15) is 10.8 Å². The first-order valence-corrected chi connectivity index (χ1v) is 7.06. The van der Waals surface area contributed by atoms with Crippen LogP contribution in [-0.4, -0.2) is 4.98 Å². The van der Waals surface area contributed by atoms with Crippen LogP contribution in [0.5, 0.6) is 0 Å². The number of nitrogens with zero attached hydrogens (tertiary/aromatic N) is 1. The monoisotopic (exact) mass is 310 g/mol. The van der Waals surface area contributed by atoms with Crippen LogP contribution in [0.3, 0.4) is 0 Å². The zero-order chi connectivity index (χ0) is 14.1. The van der Waals surface area contributed by atoms with E-state index in [1.807, 2.05) is 24.3 Å². The van der Waals surface area contributed by atoms with Crippen LogP contribution in [0.25, 0.3) is 10.2 Å². The summed E-state index contributed by atoms with van der Waals surface area (Å²) in [5.41, 5.74) is 0.993. The highest BCUT2D eigenvalue weighted by atomic mass is 35.5. The maximum atomic E-state index is 13.6. The second-order valence-corrected chi connectivity index (χ2v) is 5.70. The normalized spacial score (nSPS) is 10.9. The number of hydrogen-bond acceptors (Lipinski definition) is 3. The van der Waals surface area contributed by atoms with Gasteiger partial charge in [-0.05, 0) is 18.2 Å². The fraction of sp³-hybridized carbons (Fsp3) is 0.0714. The summed E-state index contributed by atoms with van der Waals surface area (Å²) in [6.07, 6.45) is 0. The third-order valence-electron chi connectivity index (χ3n) is 2.76. The molecule has 2 nitrogen and oxygen atoms in total. The molecular weight excluding hydrogens is 302 g/mol. The Bertz CT molecular complexity index is 717. The molecule has 0 radical (unpaired) electrons. The lowest BCUT2D eigenvalue weighted by molar-refractivity contribution is 0.585. The minimum Gasteiger partial charge on any atom is -0.375 e. The van der Waals surface area contributed by atoms with Crippen molar-refractivity contribution in [2.45, 2.75) is 6.54 Å². The predicted molar refractivity (Wildman–Crippen MR) is 78.3 cm³/mol. The molecule has 2 aromatic carbocycles. The van der Waals surface area contributed by atoms with Gasteiger partial charge in [-0.1, -0.05) is 23.7 Å². The molecule has 6 heteroatoms. The molecule has 1 aromatic heterocycles. The number of anilines is 1. The Kier molecular flexibility index (Phi) is 3.54. The van der Waals surface area contributed by atoms with Gasteiger partial charge in [-0.15, -0.1) is 11.3 Å². The summed E-state index contributed by atoms with van der Waals surface area (Å²) in [4.78, 5) is 4.42. The van der Waals surface area contributed by atoms with Crippen molar-refractivity contribution in [3.05, 3.63) is 58.1 Å². The van der Waals surface area contributed by atoms with E-state index < -0.39 is 11.6 Å². The number of thiazole rings is 1. The van der Waals surface area contributed by atoms with Gasteiger partial charge in [0, 0.05) is 6.07 Å². The topological polar surface area (TPSA) is 24.9 Å². The molecule has 0 atom stereocenters. The van der Waals surface area contributed by atoms with Crippen molar-refractivity contribution in [3.63, 3.8) is 0 Å². The Morgan fingerprint density at radius 2 is 2.00 bits per heavy atom. The molecule has 0 spiro atoms. The Morgan fingerprint density at radius 3 is 2.75 bits per heavy atom. The number of para-hydroxylation sites is 1. The van der Waals surface area contributed by atoms with E-state index >= 15 is 0 Å². The van der Waals surface area contributed by atoms with E-state index in [4.69, 9.17) is 11.6 Å². The van der Waals surface area contributed by atoms with Gasteiger partial charge < -0.3 is 5.32 Å². The average Bonchev–Trinajstić information content (AvgIpc) is 2.80. The number of nitrogens with one attached hydrogen (secondary N) is 1. The summed E-state index contributed by atoms with van der Waals surface area (Å²) in [5, 5.41) is 3.69. The van der Waals surface area contributed by atoms with Crippen molar-refractivity contribution >= 4 is 38.8 Å². The second kappa shape index (κ2) is 5.34. The van der Waals surface area contributed by atoms with Crippen LogP contribution in [0.2, 0.25) is 5.02 Å². The van der Waals surface area contributed by atoms with E-state index in [1.54, 1.807) is 0 Å². The van der Waals surface area contributed by atoms with Gasteiger partial charge in [0.15, 0.2) is 5.82 Å². The molecular formula is C14H9ClF2N2S. The number of benzene rings is 2. The first-order chi connectivity index (χ1) is 9.63. The lowest BCUT2D eigenvalue weighted by atomic mass is 10.3. The fourth-order valence-electron chi connectivity index (χ4n) is 1.87. The fourth-order valence-corrected chi connectivity index (χ4v) is 3.04. The van der Waals surface area contributed by atoms with E-state index in [9.17, 15) is 8.78 Å². The molecule has 0 amide bonds. The summed E-state index contributed by atoms with van der Waals surface area (Å²) < 4.78 is 27.6. The molecule has 0 unspecified atom stereocenters. The lowest BCUT2D eigenvalue weighted by Crippen LogP contribution is -2.02. The molecule has 0 fully saturated rings. The third kappa shape index (κ3) is 2.59. The Labute approximate surface area is 123 Å². The van der Waals surface area contributed by atoms with Crippen molar-refractivity contribution in [1.82, 2.24) is 4.98 Å². The molecule has 3 rings (SSSR count). The lowest BCUT2D eigenvalue weighted by Gasteiger charge is -2.08. The second-order valence-electron chi connectivity index (χ2n) is 4.17. The van der Waals surface area contributed by atoms with Gasteiger partial charge >= 0.3 is 0 Å². The van der Waals surface area contributed by atoms with Gasteiger partial charge in [0.25, 0.3) is 0 Å². The summed E-state index contributed by atoms with van der Waals surface area (Å²) >= 11 is 7.34. The van der Waals surface area contributed by atoms with E-state index in [1.165, 1.54) is 11.3 Å². The highest BCUT2D eigenvalue weighted by Gasteiger charge is 2.10. The molecule has 1 heterocycles. The van der Waals surface area contributed by atoms with Crippen LogP contribution >= 0.6 is 22.9 Å². The molecule has 102 valence electrons. The minimum absolute atomic E-state index is 0.0172. The molecule has 0 saturated heterocycles. The maximum absolute atomic E-state index is 13.6. The van der Waals surface area contributed by atoms with Crippen LogP contribution in [0.4, 0.5) is 14.5 Å². The predicted octanol–water partition coefficient (Wildman–Crippen LogP) is 4.84. The first-order valence-electron chi connectivity index (χ1n) is 5.86. The smallest absolute Gasteiger partial charge is 0.150 e. The van der Waals surface area contributed by atoms with Gasteiger partial charge in [-0.25, -0.2) is 13.8 Å². The van der Waals surface area contributed by atoms with E-state index in [0.29, 0.717) is 6.54 Å². The molecule has 0 aliphatic carbocycles. The van der Waals surface area contributed by atoms with E-state index in [0.717, 1.165) is 27.4 Å². The summed E-state index contributed by atoms with van der Waals surface area (Å²) in [5.74, 6) is -1.41. The number of rotatable bonds is 3. The molecule has 0 saturated carbocycles. The molecule has 0 aliphatic rings. The molecule has 0 aliphatic heterocycles. The maximum Gasteiger partial charge on any atom is 0.150 e. The van der Waals surface area contributed by atoms with Gasteiger partial charge in [-0.2, -0.15) is 0 Å². The number of aromatic nitrogens is 1. The highest BCUT2D eigenvalue weighted by molar-refractivity contribution is 7.18. The molecule has 20 heavy (non-hydrogen) atoms. The summed E-state index contributed by atoms with van der Waals surface area (Å²) in [6.45, 7) is 0.335. The van der Waals surface area contributed by atoms with Crippen LogP contribution in [0, 0.1) is 11.6 Å². The van der Waals surface area contributed by atoms with Crippen molar-refractivity contribution in [2.24, 2.45) is 0 Å². The van der Waals surface area contributed by atoms with Crippen molar-refractivity contribution in [2.75, 3.05) is 5.32 Å². The zero-order valence-corrected chi connectivity index (χ0v) is 11.7. The molecule has 0 bridgehead atoms. The van der Waals surface area contributed by atoms with Crippen molar-refractivity contribution in [1.29, 1.82) is 0 Å². The molecule has 3 aromatic rings. The average molecular weight is 311 g/mol. The largest absolute Gasteiger partial charge is 0.375 e. The number of halogens is 3.